The smallest absolute Gasteiger partial charge is 0.120 e. The van der Waals surface area contributed by atoms with Crippen molar-refractivity contribution in [3.8, 4) is 5.75 Å². The van der Waals surface area contributed by atoms with Gasteiger partial charge in [-0.1, -0.05) is 17.7 Å². The van der Waals surface area contributed by atoms with Crippen LogP contribution < -0.4 is 15.8 Å². The van der Waals surface area contributed by atoms with Crippen molar-refractivity contribution in [2.75, 3.05) is 26.2 Å². The van der Waals surface area contributed by atoms with Crippen LogP contribution in [0.15, 0.2) is 24.3 Å². The van der Waals surface area contributed by atoms with E-state index in [4.69, 9.17) is 22.1 Å². The lowest BCUT2D eigenvalue weighted by molar-refractivity contribution is 0.314. The standard InChI is InChI=1S/C11H17ClN2O/c12-10-3-1-4-11(9-10)15-8-7-14-6-2-5-13/h1,3-4,9,14H,2,5-8,13H2. The third-order valence-electron chi connectivity index (χ3n) is 1.90. The highest BCUT2D eigenvalue weighted by Gasteiger charge is 1.94. The molecule has 0 aliphatic carbocycles. The summed E-state index contributed by atoms with van der Waals surface area (Å²) in [5.41, 5.74) is 5.37. The van der Waals surface area contributed by atoms with Gasteiger partial charge in [0.15, 0.2) is 0 Å². The van der Waals surface area contributed by atoms with E-state index in [1.165, 1.54) is 0 Å². The molecule has 0 radical (unpaired) electrons. The van der Waals surface area contributed by atoms with Crippen molar-refractivity contribution < 1.29 is 4.74 Å². The van der Waals surface area contributed by atoms with Gasteiger partial charge in [-0.25, -0.2) is 0 Å². The highest BCUT2D eigenvalue weighted by atomic mass is 35.5. The largest absolute Gasteiger partial charge is 0.492 e. The molecule has 0 atom stereocenters. The Morgan fingerprint density at radius 1 is 1.33 bits per heavy atom. The molecule has 1 aromatic carbocycles. The van der Waals surface area contributed by atoms with Gasteiger partial charge in [0.05, 0.1) is 0 Å². The molecule has 15 heavy (non-hydrogen) atoms. The maximum Gasteiger partial charge on any atom is 0.120 e. The molecule has 1 rings (SSSR count). The van der Waals surface area contributed by atoms with Crippen LogP contribution in [0.4, 0.5) is 0 Å². The zero-order valence-corrected chi connectivity index (χ0v) is 9.46. The Morgan fingerprint density at radius 2 is 2.20 bits per heavy atom. The summed E-state index contributed by atoms with van der Waals surface area (Å²) in [4.78, 5) is 0. The highest BCUT2D eigenvalue weighted by Crippen LogP contribution is 2.16. The Balaban J connectivity index is 2.10. The number of hydrogen-bond acceptors (Lipinski definition) is 3. The normalized spacial score (nSPS) is 10.3. The van der Waals surface area contributed by atoms with E-state index in [1.807, 2.05) is 18.2 Å². The van der Waals surface area contributed by atoms with Crippen LogP contribution in [0.3, 0.4) is 0 Å². The number of hydrogen-bond donors (Lipinski definition) is 2. The first-order chi connectivity index (χ1) is 7.33. The van der Waals surface area contributed by atoms with Crippen molar-refractivity contribution in [1.29, 1.82) is 0 Å². The molecule has 0 aliphatic rings. The number of benzene rings is 1. The van der Waals surface area contributed by atoms with Crippen LogP contribution in [0, 0.1) is 0 Å². The third-order valence-corrected chi connectivity index (χ3v) is 2.14. The van der Waals surface area contributed by atoms with Crippen molar-refractivity contribution in [3.05, 3.63) is 29.3 Å². The first kappa shape index (κ1) is 12.3. The Labute approximate surface area is 95.6 Å². The summed E-state index contributed by atoms with van der Waals surface area (Å²) in [6, 6.07) is 7.40. The molecule has 3 N–H and O–H groups in total. The zero-order valence-electron chi connectivity index (χ0n) is 8.71. The molecule has 0 bridgehead atoms. The van der Waals surface area contributed by atoms with Gasteiger partial charge < -0.3 is 15.8 Å². The van der Waals surface area contributed by atoms with E-state index in [0.717, 1.165) is 31.8 Å². The monoisotopic (exact) mass is 228 g/mol. The lowest BCUT2D eigenvalue weighted by Crippen LogP contribution is -2.23. The van der Waals surface area contributed by atoms with Gasteiger partial charge in [-0.15, -0.1) is 0 Å². The van der Waals surface area contributed by atoms with Crippen LogP contribution in [-0.4, -0.2) is 26.2 Å². The molecule has 0 aliphatic heterocycles. The number of ether oxygens (including phenoxy) is 1. The summed E-state index contributed by atoms with van der Waals surface area (Å²) in [6.07, 6.45) is 0.997. The SMILES string of the molecule is NCCCNCCOc1cccc(Cl)c1. The highest BCUT2D eigenvalue weighted by molar-refractivity contribution is 6.30. The van der Waals surface area contributed by atoms with E-state index in [9.17, 15) is 0 Å². The minimum Gasteiger partial charge on any atom is -0.492 e. The Bertz CT molecular complexity index is 281. The molecular formula is C11H17ClN2O. The Hall–Kier alpha value is -0.770. The minimum absolute atomic E-state index is 0.644. The topological polar surface area (TPSA) is 47.3 Å². The number of halogens is 1. The summed E-state index contributed by atoms with van der Waals surface area (Å²) >= 11 is 5.82. The molecule has 0 spiro atoms. The number of rotatable bonds is 7. The summed E-state index contributed by atoms with van der Waals surface area (Å²) in [5, 5.41) is 3.93. The molecule has 0 heterocycles. The second-order valence-corrected chi connectivity index (χ2v) is 3.63. The lowest BCUT2D eigenvalue weighted by atomic mass is 10.3. The van der Waals surface area contributed by atoms with Gasteiger partial charge >= 0.3 is 0 Å². The second kappa shape index (κ2) is 7.51. The van der Waals surface area contributed by atoms with E-state index < -0.39 is 0 Å². The van der Waals surface area contributed by atoms with Gasteiger partial charge in [-0.3, -0.25) is 0 Å². The number of nitrogens with two attached hydrogens (primary N) is 1. The van der Waals surface area contributed by atoms with Crippen molar-refractivity contribution in [2.24, 2.45) is 5.73 Å². The number of nitrogens with one attached hydrogen (secondary N) is 1. The molecule has 1 aromatic rings. The first-order valence-corrected chi connectivity index (χ1v) is 5.50. The van der Waals surface area contributed by atoms with Gasteiger partial charge in [-0.2, -0.15) is 0 Å². The predicted molar refractivity (Wildman–Crippen MR) is 63.5 cm³/mol. The minimum atomic E-state index is 0.644. The molecule has 0 unspecified atom stereocenters. The molecule has 0 amide bonds. The summed E-state index contributed by atoms with van der Waals surface area (Å²) in [6.45, 7) is 3.13. The fourth-order valence-electron chi connectivity index (χ4n) is 1.15. The van der Waals surface area contributed by atoms with E-state index in [0.29, 0.717) is 11.6 Å². The van der Waals surface area contributed by atoms with E-state index in [-0.39, 0.29) is 0 Å². The van der Waals surface area contributed by atoms with E-state index >= 15 is 0 Å². The molecule has 0 aromatic heterocycles. The predicted octanol–water partition coefficient (Wildman–Crippen LogP) is 1.66. The summed E-state index contributed by atoms with van der Waals surface area (Å²) in [7, 11) is 0. The molecule has 0 fully saturated rings. The molecule has 84 valence electrons. The Morgan fingerprint density at radius 3 is 2.93 bits per heavy atom. The molecular weight excluding hydrogens is 212 g/mol. The van der Waals surface area contributed by atoms with Gasteiger partial charge in [0, 0.05) is 11.6 Å². The lowest BCUT2D eigenvalue weighted by Gasteiger charge is -2.07. The van der Waals surface area contributed by atoms with Crippen LogP contribution in [-0.2, 0) is 0 Å². The first-order valence-electron chi connectivity index (χ1n) is 5.12. The van der Waals surface area contributed by atoms with Crippen molar-refractivity contribution in [2.45, 2.75) is 6.42 Å². The van der Waals surface area contributed by atoms with Gasteiger partial charge in [0.25, 0.3) is 0 Å². The van der Waals surface area contributed by atoms with Crippen LogP contribution in [0.25, 0.3) is 0 Å². The van der Waals surface area contributed by atoms with E-state index in [1.54, 1.807) is 6.07 Å². The summed E-state index contributed by atoms with van der Waals surface area (Å²) < 4.78 is 5.49. The molecule has 4 heteroatoms. The van der Waals surface area contributed by atoms with Gasteiger partial charge in [-0.05, 0) is 37.7 Å². The summed E-state index contributed by atoms with van der Waals surface area (Å²) in [5.74, 6) is 0.808. The van der Waals surface area contributed by atoms with Crippen LogP contribution >= 0.6 is 11.6 Å². The van der Waals surface area contributed by atoms with Crippen LogP contribution in [0.2, 0.25) is 5.02 Å². The quantitative estimate of drug-likeness (QED) is 0.698. The third kappa shape index (κ3) is 5.62. The molecule has 0 saturated carbocycles. The molecule has 0 saturated heterocycles. The average molecular weight is 229 g/mol. The maximum atomic E-state index is 5.82. The molecule has 3 nitrogen and oxygen atoms in total. The van der Waals surface area contributed by atoms with Gasteiger partial charge in [0.1, 0.15) is 12.4 Å². The zero-order chi connectivity index (χ0) is 10.9. The fraction of sp³-hybridized carbons (Fsp3) is 0.455. The Kier molecular flexibility index (Phi) is 6.16. The van der Waals surface area contributed by atoms with Crippen molar-refractivity contribution in [3.63, 3.8) is 0 Å². The van der Waals surface area contributed by atoms with Gasteiger partial charge in [0.2, 0.25) is 0 Å². The van der Waals surface area contributed by atoms with Crippen LogP contribution in [0.1, 0.15) is 6.42 Å². The average Bonchev–Trinajstić information content (AvgIpc) is 2.23. The second-order valence-electron chi connectivity index (χ2n) is 3.20. The van der Waals surface area contributed by atoms with Crippen molar-refractivity contribution >= 4 is 11.6 Å². The fourth-order valence-corrected chi connectivity index (χ4v) is 1.33. The van der Waals surface area contributed by atoms with Crippen LogP contribution in [0.5, 0.6) is 5.75 Å². The van der Waals surface area contributed by atoms with E-state index in [2.05, 4.69) is 5.32 Å². The van der Waals surface area contributed by atoms with Crippen molar-refractivity contribution in [1.82, 2.24) is 5.32 Å². The maximum absolute atomic E-state index is 5.82.